The van der Waals surface area contributed by atoms with E-state index in [0.717, 1.165) is 25.7 Å². The monoisotopic (exact) mass is 278 g/mol. The number of unbranched alkanes of at least 4 members (excludes halogenated alkanes) is 1. The number of aliphatic carboxylic acids is 1. The van der Waals surface area contributed by atoms with Gasteiger partial charge in [-0.25, -0.2) is 8.42 Å². The SMILES string of the molecule is CCCCC(CC)CS(=O)(=O)C(C(=O)O)C(C)C. The topological polar surface area (TPSA) is 71.4 Å². The van der Waals surface area contributed by atoms with Crippen molar-refractivity contribution in [2.45, 2.75) is 58.6 Å². The van der Waals surface area contributed by atoms with Gasteiger partial charge in [-0.3, -0.25) is 4.79 Å². The zero-order valence-electron chi connectivity index (χ0n) is 11.8. The Bertz CT molecular complexity index is 346. The predicted molar refractivity (Wildman–Crippen MR) is 73.4 cm³/mol. The van der Waals surface area contributed by atoms with Gasteiger partial charge in [0.25, 0.3) is 0 Å². The van der Waals surface area contributed by atoms with E-state index in [2.05, 4.69) is 6.92 Å². The molecule has 2 atom stereocenters. The number of carboxylic acids is 1. The lowest BCUT2D eigenvalue weighted by molar-refractivity contribution is -0.137. The van der Waals surface area contributed by atoms with Crippen molar-refractivity contribution < 1.29 is 18.3 Å². The summed E-state index contributed by atoms with van der Waals surface area (Å²) in [7, 11) is -3.56. The van der Waals surface area contributed by atoms with Crippen molar-refractivity contribution in [1.29, 1.82) is 0 Å². The Hall–Kier alpha value is -0.580. The van der Waals surface area contributed by atoms with E-state index in [9.17, 15) is 13.2 Å². The fourth-order valence-corrected chi connectivity index (χ4v) is 4.59. The third kappa shape index (κ3) is 5.38. The molecule has 0 saturated heterocycles. The van der Waals surface area contributed by atoms with Crippen LogP contribution in [-0.2, 0) is 14.6 Å². The molecule has 4 nitrogen and oxygen atoms in total. The molecule has 0 spiro atoms. The largest absolute Gasteiger partial charge is 0.480 e. The summed E-state index contributed by atoms with van der Waals surface area (Å²) in [5.74, 6) is -1.54. The predicted octanol–water partition coefficient (Wildman–Crippen LogP) is 2.73. The molecule has 0 aliphatic heterocycles. The molecular formula is C13H26O4S. The van der Waals surface area contributed by atoms with Gasteiger partial charge < -0.3 is 5.11 Å². The highest BCUT2D eigenvalue weighted by molar-refractivity contribution is 7.92. The molecular weight excluding hydrogens is 252 g/mol. The zero-order chi connectivity index (χ0) is 14.3. The number of hydrogen-bond donors (Lipinski definition) is 1. The minimum Gasteiger partial charge on any atom is -0.480 e. The van der Waals surface area contributed by atoms with Gasteiger partial charge in [-0.1, -0.05) is 47.0 Å². The van der Waals surface area contributed by atoms with Gasteiger partial charge in [0.2, 0.25) is 0 Å². The minimum absolute atomic E-state index is 0.00134. The van der Waals surface area contributed by atoms with E-state index in [-0.39, 0.29) is 11.7 Å². The molecule has 0 aliphatic carbocycles. The number of sulfone groups is 1. The Kier molecular flexibility index (Phi) is 7.52. The first-order valence-corrected chi connectivity index (χ1v) is 8.42. The third-order valence-corrected chi connectivity index (χ3v) is 5.70. The average Bonchev–Trinajstić information content (AvgIpc) is 2.22. The maximum Gasteiger partial charge on any atom is 0.322 e. The lowest BCUT2D eigenvalue weighted by atomic mass is 10.0. The minimum atomic E-state index is -3.56. The Balaban J connectivity index is 4.84. The van der Waals surface area contributed by atoms with E-state index in [1.54, 1.807) is 13.8 Å². The molecule has 0 fully saturated rings. The smallest absolute Gasteiger partial charge is 0.322 e. The van der Waals surface area contributed by atoms with Crippen LogP contribution in [0.5, 0.6) is 0 Å². The molecule has 0 radical (unpaired) electrons. The maximum atomic E-state index is 12.2. The van der Waals surface area contributed by atoms with Crippen LogP contribution in [0.3, 0.4) is 0 Å². The van der Waals surface area contributed by atoms with Gasteiger partial charge in [-0.05, 0) is 18.3 Å². The van der Waals surface area contributed by atoms with Crippen LogP contribution in [0.15, 0.2) is 0 Å². The van der Waals surface area contributed by atoms with Gasteiger partial charge in [0.05, 0.1) is 5.75 Å². The first kappa shape index (κ1) is 17.4. The first-order chi connectivity index (χ1) is 8.26. The fraction of sp³-hybridized carbons (Fsp3) is 0.923. The Morgan fingerprint density at radius 2 is 1.78 bits per heavy atom. The van der Waals surface area contributed by atoms with Crippen molar-refractivity contribution in [2.24, 2.45) is 11.8 Å². The van der Waals surface area contributed by atoms with Crippen LogP contribution >= 0.6 is 0 Å². The lowest BCUT2D eigenvalue weighted by Gasteiger charge is -2.21. The summed E-state index contributed by atoms with van der Waals surface area (Å²) in [4.78, 5) is 11.1. The highest BCUT2D eigenvalue weighted by atomic mass is 32.2. The van der Waals surface area contributed by atoms with E-state index in [1.165, 1.54) is 0 Å². The van der Waals surface area contributed by atoms with Crippen molar-refractivity contribution in [1.82, 2.24) is 0 Å². The number of carboxylic acid groups (broad SMARTS) is 1. The van der Waals surface area contributed by atoms with Gasteiger partial charge in [0.15, 0.2) is 15.1 Å². The Labute approximate surface area is 111 Å². The molecule has 2 unspecified atom stereocenters. The van der Waals surface area contributed by atoms with E-state index in [4.69, 9.17) is 5.11 Å². The van der Waals surface area contributed by atoms with E-state index in [1.807, 2.05) is 6.92 Å². The highest BCUT2D eigenvalue weighted by Crippen LogP contribution is 2.21. The third-order valence-electron chi connectivity index (χ3n) is 3.25. The molecule has 0 heterocycles. The molecule has 0 aromatic carbocycles. The van der Waals surface area contributed by atoms with Gasteiger partial charge in [0, 0.05) is 0 Å². The summed E-state index contributed by atoms with van der Waals surface area (Å²) in [6.07, 6.45) is 3.66. The number of carbonyl (C=O) groups is 1. The van der Waals surface area contributed by atoms with Crippen LogP contribution in [0, 0.1) is 11.8 Å². The summed E-state index contributed by atoms with van der Waals surface area (Å²) < 4.78 is 24.3. The Morgan fingerprint density at radius 3 is 2.11 bits per heavy atom. The van der Waals surface area contributed by atoms with Crippen LogP contribution in [0.2, 0.25) is 0 Å². The van der Waals surface area contributed by atoms with E-state index < -0.39 is 27.0 Å². The van der Waals surface area contributed by atoms with Gasteiger partial charge in [-0.15, -0.1) is 0 Å². The molecule has 0 bridgehead atoms. The molecule has 1 N–H and O–H groups in total. The normalized spacial score (nSPS) is 15.6. The second-order valence-electron chi connectivity index (χ2n) is 5.25. The highest BCUT2D eigenvalue weighted by Gasteiger charge is 2.36. The Morgan fingerprint density at radius 1 is 1.22 bits per heavy atom. The van der Waals surface area contributed by atoms with E-state index >= 15 is 0 Å². The van der Waals surface area contributed by atoms with Crippen LogP contribution in [0.25, 0.3) is 0 Å². The van der Waals surface area contributed by atoms with Crippen molar-refractivity contribution >= 4 is 15.8 Å². The van der Waals surface area contributed by atoms with E-state index in [0.29, 0.717) is 0 Å². The van der Waals surface area contributed by atoms with Crippen LogP contribution in [-0.4, -0.2) is 30.5 Å². The standard InChI is InChI=1S/C13H26O4S/c1-5-7-8-11(6-2)9-18(16,17)12(10(3)4)13(14)15/h10-12H,5-9H2,1-4H3,(H,14,15). The molecule has 0 aromatic rings. The second-order valence-corrected chi connectivity index (χ2v) is 7.42. The van der Waals surface area contributed by atoms with Crippen molar-refractivity contribution in [3.63, 3.8) is 0 Å². The average molecular weight is 278 g/mol. The summed E-state index contributed by atoms with van der Waals surface area (Å²) in [5, 5.41) is 7.79. The molecule has 0 saturated carbocycles. The summed E-state index contributed by atoms with van der Waals surface area (Å²) >= 11 is 0. The number of hydrogen-bond acceptors (Lipinski definition) is 3. The first-order valence-electron chi connectivity index (χ1n) is 6.70. The molecule has 0 rings (SSSR count). The summed E-state index contributed by atoms with van der Waals surface area (Å²) in [6.45, 7) is 7.31. The molecule has 108 valence electrons. The van der Waals surface area contributed by atoms with Crippen LogP contribution in [0.1, 0.15) is 53.4 Å². The molecule has 0 aliphatic rings. The van der Waals surface area contributed by atoms with Gasteiger partial charge >= 0.3 is 5.97 Å². The summed E-state index contributed by atoms with van der Waals surface area (Å²) in [5.41, 5.74) is 0. The van der Waals surface area contributed by atoms with Crippen molar-refractivity contribution in [3.05, 3.63) is 0 Å². The second kappa shape index (κ2) is 7.77. The van der Waals surface area contributed by atoms with Crippen molar-refractivity contribution in [3.8, 4) is 0 Å². The maximum absolute atomic E-state index is 12.2. The lowest BCUT2D eigenvalue weighted by Crippen LogP contribution is -2.38. The molecule has 0 aromatic heterocycles. The summed E-state index contributed by atoms with van der Waals surface area (Å²) in [6, 6.07) is 0. The molecule has 18 heavy (non-hydrogen) atoms. The molecule has 5 heteroatoms. The van der Waals surface area contributed by atoms with Gasteiger partial charge in [-0.2, -0.15) is 0 Å². The van der Waals surface area contributed by atoms with Crippen LogP contribution in [0.4, 0.5) is 0 Å². The van der Waals surface area contributed by atoms with Gasteiger partial charge in [0.1, 0.15) is 0 Å². The quantitative estimate of drug-likeness (QED) is 0.704. The number of rotatable bonds is 9. The molecule has 0 amide bonds. The fourth-order valence-electron chi connectivity index (χ4n) is 2.18. The van der Waals surface area contributed by atoms with Crippen LogP contribution < -0.4 is 0 Å². The zero-order valence-corrected chi connectivity index (χ0v) is 12.7. The van der Waals surface area contributed by atoms with Crippen molar-refractivity contribution in [2.75, 3.05) is 5.75 Å².